The number of phenols is 1. The Balaban J connectivity index is 1.97. The first kappa shape index (κ1) is 34.9. The first-order valence-corrected chi connectivity index (χ1v) is 16.5. The van der Waals surface area contributed by atoms with Crippen LogP contribution in [-0.4, -0.2) is 52.1 Å². The molecule has 2 atom stereocenters. The smallest absolute Gasteiger partial charge is 0.408 e. The summed E-state index contributed by atoms with van der Waals surface area (Å²) in [7, 11) is 0. The topological polar surface area (TPSA) is 108 Å². The van der Waals surface area contributed by atoms with E-state index in [2.05, 4.69) is 17.6 Å². The SMILES string of the molecule is CCCCCCCCN(C(=O)C(Cc1ccc(O)cc1)NC(=O)OC(C)(C)C)C(C(=O)NC1CCCCC1)c1ccccc1. The summed E-state index contributed by atoms with van der Waals surface area (Å²) in [5, 5.41) is 15.9. The molecule has 2 unspecified atom stereocenters. The monoisotopic (exact) mass is 607 g/mol. The predicted molar refractivity (Wildman–Crippen MR) is 174 cm³/mol. The van der Waals surface area contributed by atoms with Gasteiger partial charge in [0.1, 0.15) is 23.4 Å². The Morgan fingerprint density at radius 1 is 0.909 bits per heavy atom. The maximum atomic E-state index is 14.6. The molecule has 2 aromatic carbocycles. The van der Waals surface area contributed by atoms with Crippen LogP contribution in [0, 0.1) is 0 Å². The summed E-state index contributed by atoms with van der Waals surface area (Å²) in [6.45, 7) is 7.88. The number of alkyl carbamates (subject to hydrolysis) is 1. The number of hydrogen-bond acceptors (Lipinski definition) is 5. The Kier molecular flexibility index (Phi) is 14.0. The van der Waals surface area contributed by atoms with Crippen molar-refractivity contribution in [3.63, 3.8) is 0 Å². The summed E-state index contributed by atoms with van der Waals surface area (Å²) in [6, 6.07) is 14.3. The quantitative estimate of drug-likeness (QED) is 0.186. The van der Waals surface area contributed by atoms with Crippen molar-refractivity contribution < 1.29 is 24.2 Å². The number of nitrogens with zero attached hydrogens (tertiary/aromatic N) is 1. The number of carbonyl (C=O) groups excluding carboxylic acids is 3. The lowest BCUT2D eigenvalue weighted by atomic mass is 9.94. The van der Waals surface area contributed by atoms with Crippen molar-refractivity contribution in [3.8, 4) is 5.75 Å². The summed E-state index contributed by atoms with van der Waals surface area (Å²) in [5.41, 5.74) is 0.751. The van der Waals surface area contributed by atoms with E-state index in [1.165, 1.54) is 12.8 Å². The number of hydrogen-bond donors (Lipinski definition) is 3. The lowest BCUT2D eigenvalue weighted by Gasteiger charge is -2.36. The van der Waals surface area contributed by atoms with Gasteiger partial charge in [0.05, 0.1) is 0 Å². The maximum absolute atomic E-state index is 14.6. The number of unbranched alkanes of at least 4 members (excludes halogenated alkanes) is 5. The van der Waals surface area contributed by atoms with Crippen LogP contribution in [0.5, 0.6) is 5.75 Å². The molecule has 3 amide bonds. The van der Waals surface area contributed by atoms with Gasteiger partial charge in [-0.05, 0) is 63.3 Å². The van der Waals surface area contributed by atoms with Gasteiger partial charge in [-0.25, -0.2) is 4.79 Å². The first-order valence-electron chi connectivity index (χ1n) is 16.5. The van der Waals surface area contributed by atoms with Crippen LogP contribution in [-0.2, 0) is 20.7 Å². The lowest BCUT2D eigenvalue weighted by Crippen LogP contribution is -2.54. The average molecular weight is 608 g/mol. The summed E-state index contributed by atoms with van der Waals surface area (Å²) < 4.78 is 5.54. The van der Waals surface area contributed by atoms with E-state index < -0.39 is 23.8 Å². The third kappa shape index (κ3) is 11.9. The van der Waals surface area contributed by atoms with Crippen molar-refractivity contribution in [2.45, 2.75) is 128 Å². The molecule has 3 rings (SSSR count). The van der Waals surface area contributed by atoms with E-state index in [1.54, 1.807) is 49.9 Å². The number of carbonyl (C=O) groups is 3. The van der Waals surface area contributed by atoms with Crippen LogP contribution in [0.4, 0.5) is 4.79 Å². The van der Waals surface area contributed by atoms with Crippen molar-refractivity contribution in [2.24, 2.45) is 0 Å². The molecule has 0 aromatic heterocycles. The van der Waals surface area contributed by atoms with Gasteiger partial charge in [0.15, 0.2) is 0 Å². The Bertz CT molecular complexity index is 1160. The summed E-state index contributed by atoms with van der Waals surface area (Å²) in [5.74, 6) is -0.418. The van der Waals surface area contributed by atoms with E-state index in [0.29, 0.717) is 6.54 Å². The zero-order chi connectivity index (χ0) is 32.0. The van der Waals surface area contributed by atoms with Gasteiger partial charge in [0.25, 0.3) is 0 Å². The molecule has 1 fully saturated rings. The minimum absolute atomic E-state index is 0.0844. The standard InChI is InChI=1S/C36H53N3O5/c1-5-6-7-8-9-16-25-39(32(28-17-12-10-13-18-28)33(41)37-29-19-14-11-15-20-29)34(42)31(38-35(43)44-36(2,3)4)26-27-21-23-30(40)24-22-27/h10,12-13,17-18,21-24,29,31-32,40H,5-9,11,14-16,19-20,25-26H2,1-4H3,(H,37,41)(H,38,43). The molecule has 0 heterocycles. The minimum Gasteiger partial charge on any atom is -0.508 e. The second-order valence-electron chi connectivity index (χ2n) is 13.0. The highest BCUT2D eigenvalue weighted by molar-refractivity contribution is 5.92. The van der Waals surface area contributed by atoms with Gasteiger partial charge in [0.2, 0.25) is 11.8 Å². The number of ether oxygens (including phenoxy) is 1. The van der Waals surface area contributed by atoms with Crippen molar-refractivity contribution in [1.29, 1.82) is 0 Å². The van der Waals surface area contributed by atoms with Gasteiger partial charge in [-0.3, -0.25) is 9.59 Å². The van der Waals surface area contributed by atoms with E-state index in [-0.39, 0.29) is 30.0 Å². The normalized spacial score (nSPS) is 15.2. The summed E-state index contributed by atoms with van der Waals surface area (Å²) in [6.07, 6.45) is 10.9. The second kappa shape index (κ2) is 17.7. The Labute approximate surface area is 263 Å². The average Bonchev–Trinajstić information content (AvgIpc) is 2.98. The van der Waals surface area contributed by atoms with E-state index >= 15 is 0 Å². The van der Waals surface area contributed by atoms with E-state index in [4.69, 9.17) is 4.74 Å². The summed E-state index contributed by atoms with van der Waals surface area (Å²) >= 11 is 0. The second-order valence-corrected chi connectivity index (χ2v) is 13.0. The molecule has 1 aliphatic rings. The summed E-state index contributed by atoms with van der Waals surface area (Å²) in [4.78, 5) is 43.4. The fourth-order valence-electron chi connectivity index (χ4n) is 5.78. The molecule has 44 heavy (non-hydrogen) atoms. The van der Waals surface area contributed by atoms with E-state index in [1.807, 2.05) is 30.3 Å². The van der Waals surface area contributed by atoms with Crippen LogP contribution >= 0.6 is 0 Å². The van der Waals surface area contributed by atoms with Gasteiger partial charge in [0, 0.05) is 19.0 Å². The highest BCUT2D eigenvalue weighted by Crippen LogP contribution is 2.26. The van der Waals surface area contributed by atoms with Crippen LogP contribution < -0.4 is 10.6 Å². The first-order chi connectivity index (χ1) is 21.1. The zero-order valence-corrected chi connectivity index (χ0v) is 27.1. The largest absolute Gasteiger partial charge is 0.508 e. The number of nitrogens with one attached hydrogen (secondary N) is 2. The van der Waals surface area contributed by atoms with Crippen molar-refractivity contribution in [2.75, 3.05) is 6.54 Å². The van der Waals surface area contributed by atoms with Crippen molar-refractivity contribution in [3.05, 3.63) is 65.7 Å². The minimum atomic E-state index is -0.983. The highest BCUT2D eigenvalue weighted by atomic mass is 16.6. The lowest BCUT2D eigenvalue weighted by molar-refractivity contribution is -0.143. The van der Waals surface area contributed by atoms with Gasteiger partial charge in [-0.15, -0.1) is 0 Å². The molecule has 0 bridgehead atoms. The van der Waals surface area contributed by atoms with Crippen LogP contribution in [0.3, 0.4) is 0 Å². The molecule has 8 nitrogen and oxygen atoms in total. The van der Waals surface area contributed by atoms with Crippen molar-refractivity contribution >= 4 is 17.9 Å². The van der Waals surface area contributed by atoms with E-state index in [0.717, 1.165) is 68.9 Å². The van der Waals surface area contributed by atoms with Crippen molar-refractivity contribution in [1.82, 2.24) is 15.5 Å². The molecular weight excluding hydrogens is 554 g/mol. The van der Waals surface area contributed by atoms with Gasteiger partial charge >= 0.3 is 6.09 Å². The Morgan fingerprint density at radius 2 is 1.55 bits per heavy atom. The zero-order valence-electron chi connectivity index (χ0n) is 27.1. The van der Waals surface area contributed by atoms with Crippen LogP contribution in [0.2, 0.25) is 0 Å². The van der Waals surface area contributed by atoms with Crippen LogP contribution in [0.1, 0.15) is 115 Å². The predicted octanol–water partition coefficient (Wildman–Crippen LogP) is 7.21. The molecule has 0 saturated heterocycles. The molecule has 1 saturated carbocycles. The molecule has 8 heteroatoms. The third-order valence-corrected chi connectivity index (χ3v) is 8.03. The number of rotatable bonds is 15. The highest BCUT2D eigenvalue weighted by Gasteiger charge is 2.37. The molecular formula is C36H53N3O5. The van der Waals surface area contributed by atoms with Crippen LogP contribution in [0.15, 0.2) is 54.6 Å². The molecule has 0 aliphatic heterocycles. The molecule has 3 N–H and O–H groups in total. The molecule has 1 aliphatic carbocycles. The number of benzene rings is 2. The fourth-order valence-corrected chi connectivity index (χ4v) is 5.78. The molecule has 0 spiro atoms. The Hall–Kier alpha value is -3.55. The van der Waals surface area contributed by atoms with Gasteiger partial charge in [-0.2, -0.15) is 0 Å². The fraction of sp³-hybridized carbons (Fsp3) is 0.583. The third-order valence-electron chi connectivity index (χ3n) is 8.03. The molecule has 0 radical (unpaired) electrons. The Morgan fingerprint density at radius 3 is 2.18 bits per heavy atom. The van der Waals surface area contributed by atoms with Gasteiger partial charge in [-0.1, -0.05) is 101 Å². The van der Waals surface area contributed by atoms with Crippen LogP contribution in [0.25, 0.3) is 0 Å². The number of phenolic OH excluding ortho intramolecular Hbond substituents is 1. The molecule has 242 valence electrons. The molecule has 2 aromatic rings. The maximum Gasteiger partial charge on any atom is 0.408 e. The van der Waals surface area contributed by atoms with E-state index in [9.17, 15) is 19.5 Å². The van der Waals surface area contributed by atoms with Gasteiger partial charge < -0.3 is 25.4 Å². The number of amides is 3. The number of aromatic hydroxyl groups is 1.